The second-order valence-electron chi connectivity index (χ2n) is 9.33. The minimum absolute atomic E-state index is 0.0571. The molecule has 9 nitrogen and oxygen atoms in total. The number of hydrogen-bond acceptors (Lipinski definition) is 8. The van der Waals surface area contributed by atoms with Crippen LogP contribution in [0.5, 0.6) is 0 Å². The molecule has 35 heavy (non-hydrogen) atoms. The van der Waals surface area contributed by atoms with E-state index in [0.29, 0.717) is 22.9 Å². The van der Waals surface area contributed by atoms with Gasteiger partial charge >= 0.3 is 6.09 Å². The van der Waals surface area contributed by atoms with Crippen LogP contribution in [0.3, 0.4) is 0 Å². The Labute approximate surface area is 212 Å². The molecule has 0 bridgehead atoms. The molecule has 1 N–H and O–H groups in total. The number of carbonyl (C=O) groups is 3. The van der Waals surface area contributed by atoms with Crippen molar-refractivity contribution in [1.82, 2.24) is 19.2 Å². The fourth-order valence-corrected chi connectivity index (χ4v) is 5.52. The van der Waals surface area contributed by atoms with Crippen LogP contribution in [0.1, 0.15) is 73.0 Å². The number of hydrogen-bond donors (Lipinski definition) is 1. The molecule has 1 saturated heterocycles. The zero-order valence-corrected chi connectivity index (χ0v) is 22.5. The number of anilines is 1. The van der Waals surface area contributed by atoms with E-state index in [2.05, 4.69) is 14.7 Å². The molecule has 0 saturated carbocycles. The van der Waals surface area contributed by atoms with E-state index in [9.17, 15) is 18.8 Å². The van der Waals surface area contributed by atoms with Gasteiger partial charge in [-0.2, -0.15) is 4.37 Å². The number of likely N-dealkylation sites (N-methyl/N-ethyl adjacent to an activating group) is 1. The van der Waals surface area contributed by atoms with E-state index in [1.54, 1.807) is 33.8 Å². The smallest absolute Gasteiger partial charge is 0.410 e. The number of alkyl halides is 1. The fourth-order valence-electron chi connectivity index (χ4n) is 3.72. The molecule has 192 valence electrons. The van der Waals surface area contributed by atoms with E-state index in [1.807, 2.05) is 13.8 Å². The molecule has 0 spiro atoms. The van der Waals surface area contributed by atoms with Crippen molar-refractivity contribution in [2.24, 2.45) is 0 Å². The number of amides is 3. The molecule has 2 aromatic rings. The average molecular weight is 526 g/mol. The number of aromatic nitrogens is 2. The molecular weight excluding hydrogens is 493 g/mol. The first-order chi connectivity index (χ1) is 16.4. The lowest BCUT2D eigenvalue weighted by molar-refractivity contribution is -0.133. The summed E-state index contributed by atoms with van der Waals surface area (Å²) in [6, 6.07) is 1.21. The number of rotatable bonds is 7. The van der Waals surface area contributed by atoms with E-state index in [0.717, 1.165) is 21.3 Å². The van der Waals surface area contributed by atoms with Crippen molar-refractivity contribution in [3.63, 3.8) is 0 Å². The highest BCUT2D eigenvalue weighted by Gasteiger charge is 2.38. The topological polar surface area (TPSA) is 105 Å². The van der Waals surface area contributed by atoms with Crippen molar-refractivity contribution < 1.29 is 23.5 Å². The monoisotopic (exact) mass is 525 g/mol. The lowest BCUT2D eigenvalue weighted by Gasteiger charge is -2.29. The summed E-state index contributed by atoms with van der Waals surface area (Å²) in [5.41, 5.74) is -0.233. The maximum Gasteiger partial charge on any atom is 0.410 e. The summed E-state index contributed by atoms with van der Waals surface area (Å²) >= 11 is 2.48. The van der Waals surface area contributed by atoms with Crippen molar-refractivity contribution in [2.45, 2.75) is 72.2 Å². The van der Waals surface area contributed by atoms with Gasteiger partial charge in [0.15, 0.2) is 0 Å². The quantitative estimate of drug-likeness (QED) is 0.567. The molecule has 1 aliphatic rings. The van der Waals surface area contributed by atoms with Gasteiger partial charge in [0.1, 0.15) is 24.1 Å². The van der Waals surface area contributed by atoms with Gasteiger partial charge in [0.05, 0.1) is 18.2 Å². The maximum absolute atomic E-state index is 14.5. The first-order valence-corrected chi connectivity index (χ1v) is 13.2. The van der Waals surface area contributed by atoms with E-state index in [1.165, 1.54) is 21.1 Å². The third-order valence-electron chi connectivity index (χ3n) is 5.44. The zero-order valence-electron chi connectivity index (χ0n) is 20.9. The molecule has 0 aromatic carbocycles. The van der Waals surface area contributed by atoms with Gasteiger partial charge in [-0.25, -0.2) is 14.2 Å². The number of aryl methyl sites for hydroxylation is 2. The fraction of sp³-hybridized carbons (Fsp3) is 0.609. The van der Waals surface area contributed by atoms with E-state index in [-0.39, 0.29) is 37.9 Å². The number of nitrogens with one attached hydrogen (secondary N) is 1. The first kappa shape index (κ1) is 27.0. The Balaban J connectivity index is 1.74. The molecule has 1 aliphatic heterocycles. The van der Waals surface area contributed by atoms with Gasteiger partial charge in [0, 0.05) is 40.7 Å². The summed E-state index contributed by atoms with van der Waals surface area (Å²) in [4.78, 5) is 46.9. The van der Waals surface area contributed by atoms with Gasteiger partial charge in [0.2, 0.25) is 11.0 Å². The Morgan fingerprint density at radius 3 is 2.63 bits per heavy atom. The SMILES string of the molecule is CCc1nsc(NC(=O)c2cc(C3C[C@@H](F)CN3C(=O)CN(CC)C(=O)OC(C)(C)C)sc2C)n1. The Bertz CT molecular complexity index is 1080. The van der Waals surface area contributed by atoms with Crippen molar-refractivity contribution >= 4 is 45.9 Å². The standard InChI is InChI=1S/C23H32FN5O4S2/c1-7-18-25-21(35-27-18)26-20(31)15-10-17(34-13(15)3)16-9-14(24)11-29(16)19(30)12-28(8-2)22(32)33-23(4,5)6/h10,14,16H,7-9,11-12H2,1-6H3,(H,25,26,27,31)/t14-,16?/m1/s1. The van der Waals surface area contributed by atoms with Crippen LogP contribution >= 0.6 is 22.9 Å². The molecule has 1 fully saturated rings. The summed E-state index contributed by atoms with van der Waals surface area (Å²) in [6.07, 6.45) is -0.960. The van der Waals surface area contributed by atoms with Gasteiger partial charge in [-0.3, -0.25) is 19.8 Å². The van der Waals surface area contributed by atoms with Crippen LogP contribution in [-0.4, -0.2) is 68.5 Å². The molecule has 3 rings (SSSR count). The highest BCUT2D eigenvalue weighted by atomic mass is 32.1. The van der Waals surface area contributed by atoms with Crippen LogP contribution in [0.2, 0.25) is 0 Å². The number of nitrogens with zero attached hydrogens (tertiary/aromatic N) is 4. The van der Waals surface area contributed by atoms with E-state index in [4.69, 9.17) is 4.74 Å². The average Bonchev–Trinajstić information content (AvgIpc) is 3.48. The first-order valence-electron chi connectivity index (χ1n) is 11.6. The van der Waals surface area contributed by atoms with Crippen LogP contribution in [0.4, 0.5) is 14.3 Å². The zero-order chi connectivity index (χ0) is 25.9. The van der Waals surface area contributed by atoms with Gasteiger partial charge in [0.25, 0.3) is 5.91 Å². The normalized spacial score (nSPS) is 18.0. The number of carbonyl (C=O) groups excluding carboxylic acids is 3. The Morgan fingerprint density at radius 1 is 1.31 bits per heavy atom. The number of likely N-dealkylation sites (tertiary alicyclic amines) is 1. The van der Waals surface area contributed by atoms with Crippen LogP contribution < -0.4 is 5.32 Å². The highest BCUT2D eigenvalue weighted by molar-refractivity contribution is 7.12. The molecule has 0 radical (unpaired) electrons. The van der Waals surface area contributed by atoms with Gasteiger partial charge in [-0.05, 0) is 40.7 Å². The summed E-state index contributed by atoms with van der Waals surface area (Å²) in [7, 11) is 0. The molecule has 3 amide bonds. The summed E-state index contributed by atoms with van der Waals surface area (Å²) < 4.78 is 24.0. The minimum atomic E-state index is -1.19. The predicted molar refractivity (Wildman–Crippen MR) is 134 cm³/mol. The second-order valence-corrected chi connectivity index (χ2v) is 11.4. The summed E-state index contributed by atoms with van der Waals surface area (Å²) in [5.74, 6) is -0.0194. The number of halogens is 1. The predicted octanol–water partition coefficient (Wildman–Crippen LogP) is 4.59. The molecule has 3 heterocycles. The Morgan fingerprint density at radius 2 is 2.03 bits per heavy atom. The number of thiophene rings is 1. The van der Waals surface area contributed by atoms with Crippen LogP contribution in [0.25, 0.3) is 0 Å². The van der Waals surface area contributed by atoms with Gasteiger partial charge < -0.3 is 9.64 Å². The number of ether oxygens (including phenoxy) is 1. The van der Waals surface area contributed by atoms with Crippen LogP contribution in [-0.2, 0) is 16.0 Å². The van der Waals surface area contributed by atoms with Crippen LogP contribution in [0.15, 0.2) is 6.07 Å². The van der Waals surface area contributed by atoms with Crippen molar-refractivity contribution in [3.05, 3.63) is 27.2 Å². The second kappa shape index (κ2) is 11.0. The Kier molecular flexibility index (Phi) is 8.47. The lowest BCUT2D eigenvalue weighted by atomic mass is 10.1. The van der Waals surface area contributed by atoms with Gasteiger partial charge in [-0.1, -0.05) is 6.92 Å². The highest BCUT2D eigenvalue weighted by Crippen LogP contribution is 2.39. The molecular formula is C23H32FN5O4S2. The van der Waals surface area contributed by atoms with Crippen molar-refractivity contribution in [1.29, 1.82) is 0 Å². The van der Waals surface area contributed by atoms with Crippen LogP contribution in [0, 0.1) is 6.92 Å². The maximum atomic E-state index is 14.5. The minimum Gasteiger partial charge on any atom is -0.444 e. The Hall–Kier alpha value is -2.60. The van der Waals surface area contributed by atoms with Crippen molar-refractivity contribution in [3.8, 4) is 0 Å². The molecule has 12 heteroatoms. The van der Waals surface area contributed by atoms with E-state index >= 15 is 0 Å². The van der Waals surface area contributed by atoms with Crippen molar-refractivity contribution in [2.75, 3.05) is 25.0 Å². The third kappa shape index (κ3) is 6.75. The largest absolute Gasteiger partial charge is 0.444 e. The van der Waals surface area contributed by atoms with E-state index < -0.39 is 23.9 Å². The molecule has 2 atom stereocenters. The molecule has 0 aliphatic carbocycles. The third-order valence-corrected chi connectivity index (χ3v) is 7.26. The molecule has 1 unspecified atom stereocenters. The van der Waals surface area contributed by atoms with Gasteiger partial charge in [-0.15, -0.1) is 11.3 Å². The molecule has 2 aromatic heterocycles. The summed E-state index contributed by atoms with van der Waals surface area (Å²) in [5, 5.41) is 3.18. The lowest BCUT2D eigenvalue weighted by Crippen LogP contribution is -2.44. The summed E-state index contributed by atoms with van der Waals surface area (Å²) in [6.45, 7) is 10.8.